The van der Waals surface area contributed by atoms with Crippen molar-refractivity contribution in [2.45, 2.75) is 31.8 Å². The summed E-state index contributed by atoms with van der Waals surface area (Å²) >= 11 is 0. The van der Waals surface area contributed by atoms with Gasteiger partial charge < -0.3 is 15.5 Å². The van der Waals surface area contributed by atoms with Gasteiger partial charge >= 0.3 is 0 Å². The molecule has 27 heavy (non-hydrogen) atoms. The number of benzene rings is 1. The van der Waals surface area contributed by atoms with Crippen molar-refractivity contribution in [3.8, 4) is 0 Å². The summed E-state index contributed by atoms with van der Waals surface area (Å²) in [5.41, 5.74) is 1.42. The van der Waals surface area contributed by atoms with Gasteiger partial charge in [0.15, 0.2) is 5.96 Å². The molecule has 0 atom stereocenters. The van der Waals surface area contributed by atoms with Crippen molar-refractivity contribution >= 4 is 29.9 Å². The third kappa shape index (κ3) is 7.79. The van der Waals surface area contributed by atoms with Crippen LogP contribution in [0.1, 0.15) is 24.8 Å². The van der Waals surface area contributed by atoms with Crippen LogP contribution in [0.3, 0.4) is 0 Å². The molecule has 6 heteroatoms. The van der Waals surface area contributed by atoms with Crippen LogP contribution in [0.15, 0.2) is 47.5 Å². The SMILES string of the molecule is CN=C(NCCCN1CCN(Cc2ccccc2)CC1)NC1CC=CC1.I. The number of halogens is 1. The van der Waals surface area contributed by atoms with Crippen molar-refractivity contribution < 1.29 is 0 Å². The van der Waals surface area contributed by atoms with Crippen molar-refractivity contribution in [3.63, 3.8) is 0 Å². The van der Waals surface area contributed by atoms with E-state index in [-0.39, 0.29) is 24.0 Å². The fraction of sp³-hybridized carbons (Fsp3) is 0.571. The summed E-state index contributed by atoms with van der Waals surface area (Å²) in [6.45, 7) is 7.90. The van der Waals surface area contributed by atoms with E-state index in [1.165, 1.54) is 31.7 Å². The van der Waals surface area contributed by atoms with Gasteiger partial charge in [0.2, 0.25) is 0 Å². The monoisotopic (exact) mass is 483 g/mol. The van der Waals surface area contributed by atoms with Gasteiger partial charge in [-0.3, -0.25) is 9.89 Å². The van der Waals surface area contributed by atoms with Gasteiger partial charge in [-0.25, -0.2) is 0 Å². The topological polar surface area (TPSA) is 42.9 Å². The molecule has 0 radical (unpaired) electrons. The summed E-state index contributed by atoms with van der Waals surface area (Å²) in [5.74, 6) is 0.936. The molecule has 2 N–H and O–H groups in total. The predicted octanol–water partition coefficient (Wildman–Crippen LogP) is 2.70. The number of hydrogen-bond donors (Lipinski definition) is 2. The maximum atomic E-state index is 4.33. The number of guanidine groups is 1. The van der Waals surface area contributed by atoms with Gasteiger partial charge in [-0.05, 0) is 31.4 Å². The summed E-state index contributed by atoms with van der Waals surface area (Å²) < 4.78 is 0. The van der Waals surface area contributed by atoms with Crippen molar-refractivity contribution in [1.29, 1.82) is 0 Å². The Kier molecular flexibility index (Phi) is 10.2. The lowest BCUT2D eigenvalue weighted by Gasteiger charge is -2.34. The lowest BCUT2D eigenvalue weighted by Crippen LogP contribution is -2.47. The average molecular weight is 483 g/mol. The van der Waals surface area contributed by atoms with Gasteiger partial charge in [-0.15, -0.1) is 24.0 Å². The maximum Gasteiger partial charge on any atom is 0.191 e. The van der Waals surface area contributed by atoms with E-state index >= 15 is 0 Å². The quantitative estimate of drug-likeness (QED) is 0.206. The molecule has 0 spiro atoms. The van der Waals surface area contributed by atoms with Crippen LogP contribution in [-0.2, 0) is 6.54 Å². The number of aliphatic imine (C=N–C) groups is 1. The smallest absolute Gasteiger partial charge is 0.191 e. The van der Waals surface area contributed by atoms with E-state index in [0.717, 1.165) is 44.9 Å². The third-order valence-electron chi connectivity index (χ3n) is 5.23. The molecule has 2 aliphatic rings. The summed E-state index contributed by atoms with van der Waals surface area (Å²) in [7, 11) is 1.85. The molecule has 1 saturated heterocycles. The van der Waals surface area contributed by atoms with Crippen LogP contribution in [0, 0.1) is 0 Å². The Morgan fingerprint density at radius 2 is 1.70 bits per heavy atom. The van der Waals surface area contributed by atoms with Gasteiger partial charge in [-0.1, -0.05) is 42.5 Å². The second kappa shape index (κ2) is 12.4. The number of piperazine rings is 1. The second-order valence-electron chi connectivity index (χ2n) is 7.24. The van der Waals surface area contributed by atoms with Gasteiger partial charge in [0.25, 0.3) is 0 Å². The van der Waals surface area contributed by atoms with Gasteiger partial charge in [-0.2, -0.15) is 0 Å². The highest BCUT2D eigenvalue weighted by Gasteiger charge is 2.16. The first-order valence-corrected chi connectivity index (χ1v) is 9.94. The van der Waals surface area contributed by atoms with Crippen LogP contribution >= 0.6 is 24.0 Å². The molecule has 0 unspecified atom stereocenters. The lowest BCUT2D eigenvalue weighted by molar-refractivity contribution is 0.126. The highest BCUT2D eigenvalue weighted by Crippen LogP contribution is 2.09. The van der Waals surface area contributed by atoms with E-state index in [9.17, 15) is 0 Å². The Labute approximate surface area is 181 Å². The van der Waals surface area contributed by atoms with E-state index in [1.54, 1.807) is 0 Å². The van der Waals surface area contributed by atoms with Crippen LogP contribution in [0.25, 0.3) is 0 Å². The van der Waals surface area contributed by atoms with Crippen LogP contribution in [0.4, 0.5) is 0 Å². The van der Waals surface area contributed by atoms with Crippen LogP contribution in [-0.4, -0.2) is 68.1 Å². The van der Waals surface area contributed by atoms with Crippen molar-refractivity contribution in [2.75, 3.05) is 46.3 Å². The molecule has 1 aromatic rings. The van der Waals surface area contributed by atoms with Crippen LogP contribution in [0.5, 0.6) is 0 Å². The molecule has 0 saturated carbocycles. The highest BCUT2D eigenvalue weighted by atomic mass is 127. The number of nitrogens with zero attached hydrogens (tertiary/aromatic N) is 3. The first kappa shape index (κ1) is 22.2. The first-order valence-electron chi connectivity index (χ1n) is 9.94. The molecule has 1 fully saturated rings. The first-order chi connectivity index (χ1) is 12.8. The van der Waals surface area contributed by atoms with Crippen molar-refractivity contribution in [1.82, 2.24) is 20.4 Å². The predicted molar refractivity (Wildman–Crippen MR) is 125 cm³/mol. The molecule has 1 aromatic carbocycles. The molecule has 1 heterocycles. The Hall–Kier alpha value is -1.12. The minimum Gasteiger partial charge on any atom is -0.356 e. The molecule has 0 aromatic heterocycles. The molecule has 3 rings (SSSR count). The normalized spacial score (nSPS) is 19.1. The van der Waals surface area contributed by atoms with E-state index in [2.05, 4.69) is 67.9 Å². The van der Waals surface area contributed by atoms with E-state index in [0.29, 0.717) is 6.04 Å². The third-order valence-corrected chi connectivity index (χ3v) is 5.23. The maximum absolute atomic E-state index is 4.33. The molecular formula is C21H34IN5. The molecule has 150 valence electrons. The summed E-state index contributed by atoms with van der Waals surface area (Å²) in [6, 6.07) is 11.3. The zero-order valence-corrected chi connectivity index (χ0v) is 18.8. The molecule has 1 aliphatic carbocycles. The van der Waals surface area contributed by atoms with Crippen molar-refractivity contribution in [2.24, 2.45) is 4.99 Å². The number of nitrogens with one attached hydrogen (secondary N) is 2. The molecule has 1 aliphatic heterocycles. The van der Waals surface area contributed by atoms with Crippen LogP contribution < -0.4 is 10.6 Å². The second-order valence-corrected chi connectivity index (χ2v) is 7.24. The minimum absolute atomic E-state index is 0. The molecule has 0 bridgehead atoms. The minimum atomic E-state index is 0. The average Bonchev–Trinajstić information content (AvgIpc) is 3.19. The summed E-state index contributed by atoms with van der Waals surface area (Å²) in [4.78, 5) is 9.48. The summed E-state index contributed by atoms with van der Waals surface area (Å²) in [6.07, 6.45) is 7.84. The lowest BCUT2D eigenvalue weighted by atomic mass is 10.2. The standard InChI is InChI=1S/C21H33N5.HI/c1-22-21(24-20-10-5-6-11-20)23-12-7-13-25-14-16-26(17-15-25)18-19-8-3-2-4-9-19;/h2-6,8-9,20H,7,10-18H2,1H3,(H2,22,23,24);1H. The number of rotatable bonds is 7. The van der Waals surface area contributed by atoms with E-state index in [4.69, 9.17) is 0 Å². The zero-order valence-electron chi connectivity index (χ0n) is 16.4. The largest absolute Gasteiger partial charge is 0.356 e. The fourth-order valence-corrected chi connectivity index (χ4v) is 3.65. The zero-order chi connectivity index (χ0) is 18.0. The Morgan fingerprint density at radius 1 is 1.04 bits per heavy atom. The highest BCUT2D eigenvalue weighted by molar-refractivity contribution is 14.0. The molecule has 0 amide bonds. The van der Waals surface area contributed by atoms with Gasteiger partial charge in [0.05, 0.1) is 0 Å². The van der Waals surface area contributed by atoms with Gasteiger partial charge in [0.1, 0.15) is 0 Å². The molecule has 5 nitrogen and oxygen atoms in total. The number of hydrogen-bond acceptors (Lipinski definition) is 3. The Morgan fingerprint density at radius 3 is 2.37 bits per heavy atom. The summed E-state index contributed by atoms with van der Waals surface area (Å²) in [5, 5.41) is 6.94. The van der Waals surface area contributed by atoms with Gasteiger partial charge in [0, 0.05) is 52.4 Å². The Bertz CT molecular complexity index is 573. The van der Waals surface area contributed by atoms with E-state index in [1.807, 2.05) is 7.05 Å². The fourth-order valence-electron chi connectivity index (χ4n) is 3.65. The van der Waals surface area contributed by atoms with E-state index < -0.39 is 0 Å². The Balaban J connectivity index is 0.00000261. The van der Waals surface area contributed by atoms with Crippen LogP contribution in [0.2, 0.25) is 0 Å². The molecular weight excluding hydrogens is 449 g/mol. The van der Waals surface area contributed by atoms with Crippen molar-refractivity contribution in [3.05, 3.63) is 48.0 Å².